The summed E-state index contributed by atoms with van der Waals surface area (Å²) in [4.78, 5) is 13.8. The molecule has 2 aliphatic rings. The van der Waals surface area contributed by atoms with Crippen molar-refractivity contribution in [3.05, 3.63) is 47.4 Å². The van der Waals surface area contributed by atoms with Crippen molar-refractivity contribution in [2.45, 2.75) is 43.6 Å². The molecule has 13 heteroatoms. The van der Waals surface area contributed by atoms with E-state index in [9.17, 15) is 12.8 Å². The SMILES string of the molecule is C=Cc1cc(Oc2nc(C)sc2-c2ccnc(N[C@@H]3CNC[C@@H](F)C3)n2)cc(F)c1NS(=O)(=O)C1CC1. The van der Waals surface area contributed by atoms with Crippen molar-refractivity contribution in [2.75, 3.05) is 23.1 Å². The number of aryl methyl sites for hydroxylation is 1. The maximum absolute atomic E-state index is 15.0. The van der Waals surface area contributed by atoms with Gasteiger partial charge in [0.05, 0.1) is 21.6 Å². The first kappa shape index (κ1) is 25.5. The molecule has 0 bridgehead atoms. The number of piperidine rings is 1. The minimum atomic E-state index is -3.66. The molecule has 1 aliphatic heterocycles. The molecule has 1 aliphatic carbocycles. The van der Waals surface area contributed by atoms with Gasteiger partial charge in [0.1, 0.15) is 16.8 Å². The van der Waals surface area contributed by atoms with Gasteiger partial charge in [0, 0.05) is 43.4 Å². The third-order valence-corrected chi connectivity index (χ3v) is 8.77. The molecule has 1 saturated carbocycles. The van der Waals surface area contributed by atoms with Crippen molar-refractivity contribution in [3.63, 3.8) is 0 Å². The Kier molecular flexibility index (Phi) is 7.10. The molecule has 2 aromatic heterocycles. The van der Waals surface area contributed by atoms with Crippen LogP contribution in [0.2, 0.25) is 0 Å². The van der Waals surface area contributed by atoms with Crippen LogP contribution in [0, 0.1) is 12.7 Å². The second-order valence-corrected chi connectivity index (χ2v) is 12.2. The second kappa shape index (κ2) is 10.3. The van der Waals surface area contributed by atoms with Gasteiger partial charge in [0.2, 0.25) is 21.9 Å². The molecule has 37 heavy (non-hydrogen) atoms. The van der Waals surface area contributed by atoms with Crippen molar-refractivity contribution < 1.29 is 21.9 Å². The zero-order valence-corrected chi connectivity index (χ0v) is 21.6. The van der Waals surface area contributed by atoms with Crippen LogP contribution in [0.4, 0.5) is 20.4 Å². The summed E-state index contributed by atoms with van der Waals surface area (Å²) in [6.45, 7) is 6.43. The number of nitrogens with one attached hydrogen (secondary N) is 3. The number of hydrogen-bond donors (Lipinski definition) is 3. The first-order valence-corrected chi connectivity index (χ1v) is 14.2. The van der Waals surface area contributed by atoms with Crippen LogP contribution < -0.4 is 20.1 Å². The quantitative estimate of drug-likeness (QED) is 0.358. The smallest absolute Gasteiger partial charge is 0.240 e. The van der Waals surface area contributed by atoms with E-state index in [2.05, 4.69) is 36.9 Å². The number of anilines is 2. The van der Waals surface area contributed by atoms with Gasteiger partial charge in [-0.25, -0.2) is 32.2 Å². The predicted molar refractivity (Wildman–Crippen MR) is 140 cm³/mol. The topological polar surface area (TPSA) is 118 Å². The van der Waals surface area contributed by atoms with E-state index in [0.29, 0.717) is 53.9 Å². The highest BCUT2D eigenvalue weighted by atomic mass is 32.2. The summed E-state index contributed by atoms with van der Waals surface area (Å²) in [7, 11) is -3.66. The number of benzene rings is 1. The first-order chi connectivity index (χ1) is 17.7. The Labute approximate surface area is 217 Å². The van der Waals surface area contributed by atoms with Crippen LogP contribution in [0.15, 0.2) is 31.0 Å². The number of halogens is 2. The lowest BCUT2D eigenvalue weighted by atomic mass is 10.1. The first-order valence-electron chi connectivity index (χ1n) is 11.8. The molecule has 0 amide bonds. The zero-order valence-electron chi connectivity index (χ0n) is 20.0. The van der Waals surface area contributed by atoms with Gasteiger partial charge in [0.25, 0.3) is 0 Å². The van der Waals surface area contributed by atoms with Crippen LogP contribution in [-0.2, 0) is 10.0 Å². The largest absolute Gasteiger partial charge is 0.437 e. The molecule has 0 spiro atoms. The molecule has 9 nitrogen and oxygen atoms in total. The molecule has 3 N–H and O–H groups in total. The molecule has 1 saturated heterocycles. The summed E-state index contributed by atoms with van der Waals surface area (Å²) in [5, 5.41) is 6.39. The van der Waals surface area contributed by atoms with Crippen molar-refractivity contribution in [1.82, 2.24) is 20.3 Å². The van der Waals surface area contributed by atoms with Crippen LogP contribution >= 0.6 is 11.3 Å². The number of sulfonamides is 1. The molecule has 3 heterocycles. The third-order valence-electron chi connectivity index (χ3n) is 5.96. The van der Waals surface area contributed by atoms with E-state index in [1.54, 1.807) is 12.3 Å². The highest BCUT2D eigenvalue weighted by molar-refractivity contribution is 7.93. The molecule has 196 valence electrons. The van der Waals surface area contributed by atoms with E-state index in [1.165, 1.54) is 23.5 Å². The Balaban J connectivity index is 1.39. The van der Waals surface area contributed by atoms with Crippen LogP contribution in [-0.4, -0.2) is 53.9 Å². The average molecular weight is 549 g/mol. The molecule has 2 fully saturated rings. The van der Waals surface area contributed by atoms with E-state index in [-0.39, 0.29) is 28.9 Å². The van der Waals surface area contributed by atoms with E-state index < -0.39 is 27.3 Å². The van der Waals surface area contributed by atoms with Crippen molar-refractivity contribution in [1.29, 1.82) is 0 Å². The van der Waals surface area contributed by atoms with Gasteiger partial charge < -0.3 is 15.4 Å². The lowest BCUT2D eigenvalue weighted by Gasteiger charge is -2.26. The number of nitrogens with zero attached hydrogens (tertiary/aromatic N) is 3. The standard InChI is InChI=1S/C24H26F2N6O3S2/c1-3-14-8-17(10-19(26)21(14)32-37(33,34)18-4-5-18)35-23-22(36-13(2)29-23)20-6-7-28-24(31-20)30-16-9-15(25)11-27-12-16/h3,6-8,10,15-16,18,27,32H,1,4-5,9,11-12H2,2H3,(H,28,30,31)/t15-,16-/m0/s1. The number of alkyl halides is 1. The summed E-state index contributed by atoms with van der Waals surface area (Å²) in [5.74, 6) is -0.0902. The predicted octanol–water partition coefficient (Wildman–Crippen LogP) is 4.50. The maximum atomic E-state index is 15.0. The summed E-state index contributed by atoms with van der Waals surface area (Å²) >= 11 is 1.35. The summed E-state index contributed by atoms with van der Waals surface area (Å²) in [6.07, 6.45) is 3.48. The molecule has 5 rings (SSSR count). The van der Waals surface area contributed by atoms with Crippen LogP contribution in [0.25, 0.3) is 16.6 Å². The lowest BCUT2D eigenvalue weighted by molar-refractivity contribution is 0.254. The minimum absolute atomic E-state index is 0.128. The maximum Gasteiger partial charge on any atom is 0.240 e. The fourth-order valence-corrected chi connectivity index (χ4v) is 6.26. The van der Waals surface area contributed by atoms with Gasteiger partial charge in [-0.1, -0.05) is 12.7 Å². The number of aromatic nitrogens is 3. The molecule has 2 atom stereocenters. The molecular weight excluding hydrogens is 522 g/mol. The summed E-state index contributed by atoms with van der Waals surface area (Å²) in [6, 6.07) is 4.16. The molecule has 0 radical (unpaired) electrons. The van der Waals surface area contributed by atoms with Crippen LogP contribution in [0.1, 0.15) is 29.8 Å². The Morgan fingerprint density at radius 3 is 2.81 bits per heavy atom. The number of ether oxygens (including phenoxy) is 1. The summed E-state index contributed by atoms with van der Waals surface area (Å²) < 4.78 is 61.7. The van der Waals surface area contributed by atoms with Crippen LogP contribution in [0.3, 0.4) is 0 Å². The number of rotatable bonds is 9. The Morgan fingerprint density at radius 2 is 2.08 bits per heavy atom. The van der Waals surface area contributed by atoms with E-state index in [1.807, 2.05) is 6.92 Å². The highest BCUT2D eigenvalue weighted by Crippen LogP contribution is 2.39. The van der Waals surface area contributed by atoms with E-state index in [0.717, 1.165) is 6.07 Å². The molecule has 0 unspecified atom stereocenters. The van der Waals surface area contributed by atoms with Crippen molar-refractivity contribution in [2.24, 2.45) is 0 Å². The highest BCUT2D eigenvalue weighted by Gasteiger charge is 2.36. The third kappa shape index (κ3) is 5.89. The number of thiazole rings is 1. The second-order valence-electron chi connectivity index (χ2n) is 8.99. The zero-order chi connectivity index (χ0) is 26.2. The Hall–Kier alpha value is -3.16. The monoisotopic (exact) mass is 548 g/mol. The normalized spacial score (nSPS) is 19.9. The van der Waals surface area contributed by atoms with E-state index >= 15 is 4.39 Å². The number of hydrogen-bond acceptors (Lipinski definition) is 9. The minimum Gasteiger partial charge on any atom is -0.437 e. The lowest BCUT2D eigenvalue weighted by Crippen LogP contribution is -2.44. The van der Waals surface area contributed by atoms with Crippen molar-refractivity contribution in [3.8, 4) is 22.2 Å². The van der Waals surface area contributed by atoms with Crippen molar-refractivity contribution >= 4 is 39.1 Å². The van der Waals surface area contributed by atoms with Crippen LogP contribution in [0.5, 0.6) is 11.6 Å². The molecule has 1 aromatic carbocycles. The molecule has 3 aromatic rings. The molecular formula is C24H26F2N6O3S2. The van der Waals surface area contributed by atoms with Gasteiger partial charge in [0.15, 0.2) is 5.82 Å². The van der Waals surface area contributed by atoms with E-state index in [4.69, 9.17) is 4.74 Å². The fraction of sp³-hybridized carbons (Fsp3) is 0.375. The van der Waals surface area contributed by atoms with Gasteiger partial charge in [-0.3, -0.25) is 4.72 Å². The van der Waals surface area contributed by atoms with Gasteiger partial charge in [-0.05, 0) is 31.9 Å². The Bertz CT molecular complexity index is 1430. The van der Waals surface area contributed by atoms with Gasteiger partial charge >= 0.3 is 0 Å². The Morgan fingerprint density at radius 1 is 1.27 bits per heavy atom. The summed E-state index contributed by atoms with van der Waals surface area (Å²) in [5.41, 5.74) is 0.619. The van der Waals surface area contributed by atoms with Gasteiger partial charge in [-0.15, -0.1) is 11.3 Å². The van der Waals surface area contributed by atoms with Gasteiger partial charge in [-0.2, -0.15) is 0 Å². The average Bonchev–Trinajstić information content (AvgIpc) is 3.65. The fourth-order valence-electron chi connectivity index (χ4n) is 4.02.